The van der Waals surface area contributed by atoms with Crippen molar-refractivity contribution in [2.45, 2.75) is 20.0 Å². The van der Waals surface area contributed by atoms with Gasteiger partial charge in [-0.3, -0.25) is 9.59 Å². The Morgan fingerprint density at radius 3 is 2.86 bits per heavy atom. The van der Waals surface area contributed by atoms with E-state index in [0.717, 1.165) is 16.7 Å². The summed E-state index contributed by atoms with van der Waals surface area (Å²) in [7, 11) is 1.27. The molecular formula is C19H15N3O6S. The number of thiophene rings is 1. The molecule has 9 nitrogen and oxygen atoms in total. The molecule has 3 aromatic heterocycles. The highest BCUT2D eigenvalue weighted by molar-refractivity contribution is 7.20. The Morgan fingerprint density at radius 1 is 1.28 bits per heavy atom. The fourth-order valence-corrected chi connectivity index (χ4v) is 4.07. The lowest BCUT2D eigenvalue weighted by atomic mass is 10.2. The van der Waals surface area contributed by atoms with Crippen LogP contribution in [-0.4, -0.2) is 34.2 Å². The molecule has 0 unspecified atom stereocenters. The van der Waals surface area contributed by atoms with Crippen molar-refractivity contribution in [1.29, 1.82) is 0 Å². The second-order valence-corrected chi connectivity index (χ2v) is 7.20. The monoisotopic (exact) mass is 413 g/mol. The number of nitrogens with one attached hydrogen (secondary N) is 1. The highest BCUT2D eigenvalue weighted by Gasteiger charge is 2.20. The molecule has 0 fully saturated rings. The van der Waals surface area contributed by atoms with Crippen molar-refractivity contribution in [2.24, 2.45) is 0 Å². The average molecular weight is 413 g/mol. The van der Waals surface area contributed by atoms with E-state index in [-0.39, 0.29) is 18.9 Å². The first-order chi connectivity index (χ1) is 14.0. The number of esters is 2. The van der Waals surface area contributed by atoms with Gasteiger partial charge in [-0.15, -0.1) is 11.3 Å². The third-order valence-electron chi connectivity index (χ3n) is 4.35. The predicted octanol–water partition coefficient (Wildman–Crippen LogP) is 2.51. The van der Waals surface area contributed by atoms with Crippen molar-refractivity contribution >= 4 is 44.5 Å². The van der Waals surface area contributed by atoms with E-state index in [1.54, 1.807) is 19.1 Å². The second kappa shape index (κ2) is 7.47. The number of fused-ring (bicyclic) bond motifs is 2. The minimum Gasteiger partial charge on any atom is -0.465 e. The van der Waals surface area contributed by atoms with E-state index in [4.69, 9.17) is 14.0 Å². The van der Waals surface area contributed by atoms with E-state index in [2.05, 4.69) is 15.1 Å². The van der Waals surface area contributed by atoms with Crippen molar-refractivity contribution < 1.29 is 23.6 Å². The maximum absolute atomic E-state index is 12.4. The van der Waals surface area contributed by atoms with Crippen LogP contribution in [0.1, 0.15) is 26.8 Å². The van der Waals surface area contributed by atoms with Gasteiger partial charge in [-0.05, 0) is 24.6 Å². The van der Waals surface area contributed by atoms with Gasteiger partial charge in [0.25, 0.3) is 5.56 Å². The number of methoxy groups -OCH3 is 1. The van der Waals surface area contributed by atoms with E-state index in [9.17, 15) is 14.4 Å². The third kappa shape index (κ3) is 3.49. The summed E-state index contributed by atoms with van der Waals surface area (Å²) in [5, 5.41) is 4.95. The summed E-state index contributed by atoms with van der Waals surface area (Å²) in [5.41, 5.74) is 1.15. The smallest absolute Gasteiger partial charge is 0.348 e. The number of hydrogen-bond donors (Lipinski definition) is 1. The highest BCUT2D eigenvalue weighted by atomic mass is 32.1. The molecule has 3 heterocycles. The first kappa shape index (κ1) is 18.8. The molecule has 0 spiro atoms. The predicted molar refractivity (Wildman–Crippen MR) is 104 cm³/mol. The molecule has 4 rings (SSSR count). The molecule has 0 radical (unpaired) electrons. The van der Waals surface area contributed by atoms with Gasteiger partial charge in [-0.1, -0.05) is 17.3 Å². The highest BCUT2D eigenvalue weighted by Crippen LogP contribution is 2.27. The van der Waals surface area contributed by atoms with Crippen LogP contribution in [0.5, 0.6) is 0 Å². The standard InChI is InChI=1S/C19H15N3O6S/c1-9-15-17(24)20-13(21-18(15)29-16(9)19(25)26-2)8-27-14(23)7-11-10-5-3-4-6-12(10)28-22-11/h3-6H,7-8H2,1-2H3,(H,20,21,24). The number of carbonyl (C=O) groups is 2. The summed E-state index contributed by atoms with van der Waals surface area (Å²) in [6.45, 7) is 1.44. The summed E-state index contributed by atoms with van der Waals surface area (Å²) in [4.78, 5) is 44.0. The Hall–Kier alpha value is -3.53. The lowest BCUT2D eigenvalue weighted by molar-refractivity contribution is -0.144. The van der Waals surface area contributed by atoms with Gasteiger partial charge in [0.1, 0.15) is 27.8 Å². The zero-order valence-electron chi connectivity index (χ0n) is 15.5. The first-order valence-electron chi connectivity index (χ1n) is 8.57. The molecule has 4 aromatic rings. The number of aromatic nitrogens is 3. The van der Waals surface area contributed by atoms with Gasteiger partial charge in [0.05, 0.1) is 18.9 Å². The minimum atomic E-state index is -0.538. The van der Waals surface area contributed by atoms with Crippen molar-refractivity contribution in [3.8, 4) is 0 Å². The molecule has 0 aliphatic rings. The average Bonchev–Trinajstić information content (AvgIpc) is 3.27. The van der Waals surface area contributed by atoms with Crippen LogP contribution in [0.4, 0.5) is 0 Å². The largest absolute Gasteiger partial charge is 0.465 e. The molecule has 29 heavy (non-hydrogen) atoms. The van der Waals surface area contributed by atoms with Gasteiger partial charge in [0.2, 0.25) is 0 Å². The number of aryl methyl sites for hydroxylation is 1. The quantitative estimate of drug-likeness (QED) is 0.495. The Labute approximate surface area is 167 Å². The molecule has 0 bridgehead atoms. The van der Waals surface area contributed by atoms with E-state index in [0.29, 0.717) is 31.9 Å². The zero-order valence-corrected chi connectivity index (χ0v) is 16.3. The number of benzene rings is 1. The summed E-state index contributed by atoms with van der Waals surface area (Å²) < 4.78 is 15.1. The Balaban J connectivity index is 1.51. The maximum atomic E-state index is 12.4. The lowest BCUT2D eigenvalue weighted by Crippen LogP contribution is -2.15. The fourth-order valence-electron chi connectivity index (χ4n) is 2.95. The van der Waals surface area contributed by atoms with Crippen molar-refractivity contribution in [2.75, 3.05) is 7.11 Å². The van der Waals surface area contributed by atoms with Crippen LogP contribution < -0.4 is 5.56 Å². The number of carbonyl (C=O) groups excluding carboxylic acids is 2. The van der Waals surface area contributed by atoms with E-state index < -0.39 is 17.5 Å². The summed E-state index contributed by atoms with van der Waals surface area (Å²) >= 11 is 1.06. The fraction of sp³-hybridized carbons (Fsp3) is 0.211. The molecule has 0 saturated carbocycles. The molecule has 10 heteroatoms. The number of aromatic amines is 1. The van der Waals surface area contributed by atoms with Gasteiger partial charge in [-0.25, -0.2) is 9.78 Å². The Kier molecular flexibility index (Phi) is 4.85. The van der Waals surface area contributed by atoms with Crippen LogP contribution in [0.2, 0.25) is 0 Å². The third-order valence-corrected chi connectivity index (χ3v) is 5.52. The number of hydrogen-bond acceptors (Lipinski definition) is 9. The Morgan fingerprint density at radius 2 is 2.07 bits per heavy atom. The summed E-state index contributed by atoms with van der Waals surface area (Å²) in [5.74, 6) is -0.888. The molecule has 0 atom stereocenters. The number of para-hydroxylation sites is 1. The SMILES string of the molecule is COC(=O)c1sc2nc(COC(=O)Cc3noc4ccccc34)[nH]c(=O)c2c1C. The van der Waals surface area contributed by atoms with Crippen LogP contribution >= 0.6 is 11.3 Å². The molecule has 0 amide bonds. The molecule has 1 N–H and O–H groups in total. The normalized spacial score (nSPS) is 11.1. The molecule has 1 aromatic carbocycles. The van der Waals surface area contributed by atoms with Gasteiger partial charge < -0.3 is 19.0 Å². The van der Waals surface area contributed by atoms with Gasteiger partial charge in [0.15, 0.2) is 5.58 Å². The maximum Gasteiger partial charge on any atom is 0.348 e. The van der Waals surface area contributed by atoms with E-state index in [1.165, 1.54) is 7.11 Å². The van der Waals surface area contributed by atoms with Gasteiger partial charge >= 0.3 is 11.9 Å². The molecule has 0 aliphatic heterocycles. The first-order valence-corrected chi connectivity index (χ1v) is 9.39. The topological polar surface area (TPSA) is 124 Å². The summed E-state index contributed by atoms with van der Waals surface area (Å²) in [6.07, 6.45) is -0.0753. The van der Waals surface area contributed by atoms with E-state index >= 15 is 0 Å². The summed E-state index contributed by atoms with van der Waals surface area (Å²) in [6, 6.07) is 7.20. The molecule has 0 aliphatic carbocycles. The van der Waals surface area contributed by atoms with Crippen LogP contribution in [0.3, 0.4) is 0 Å². The van der Waals surface area contributed by atoms with Crippen molar-refractivity contribution in [3.63, 3.8) is 0 Å². The number of rotatable bonds is 5. The zero-order chi connectivity index (χ0) is 20.5. The Bertz CT molecular complexity index is 1300. The molecule has 0 saturated heterocycles. The van der Waals surface area contributed by atoms with Crippen molar-refractivity contribution in [3.05, 3.63) is 56.6 Å². The minimum absolute atomic E-state index is 0.0753. The number of ether oxygens (including phenoxy) is 2. The van der Waals surface area contributed by atoms with Gasteiger partial charge in [-0.2, -0.15) is 0 Å². The van der Waals surface area contributed by atoms with Crippen LogP contribution in [0.25, 0.3) is 21.2 Å². The lowest BCUT2D eigenvalue weighted by Gasteiger charge is -2.03. The van der Waals surface area contributed by atoms with Crippen molar-refractivity contribution in [1.82, 2.24) is 15.1 Å². The van der Waals surface area contributed by atoms with Crippen LogP contribution in [-0.2, 0) is 27.3 Å². The second-order valence-electron chi connectivity index (χ2n) is 6.20. The van der Waals surface area contributed by atoms with Crippen LogP contribution in [0, 0.1) is 6.92 Å². The van der Waals surface area contributed by atoms with Gasteiger partial charge in [0, 0.05) is 5.39 Å². The molecular weight excluding hydrogens is 398 g/mol. The number of nitrogens with zero attached hydrogens (tertiary/aromatic N) is 2. The molecule has 148 valence electrons. The van der Waals surface area contributed by atoms with E-state index in [1.807, 2.05) is 12.1 Å². The number of H-pyrrole nitrogens is 1. The van der Waals surface area contributed by atoms with Crippen LogP contribution in [0.15, 0.2) is 33.6 Å².